The summed E-state index contributed by atoms with van der Waals surface area (Å²) in [7, 11) is 1.72. The average molecular weight is 250 g/mol. The van der Waals surface area contributed by atoms with E-state index in [1.54, 1.807) is 7.11 Å². The fourth-order valence-corrected chi connectivity index (χ4v) is 2.72. The molecule has 1 aromatic carbocycles. The van der Waals surface area contributed by atoms with Gasteiger partial charge in [-0.3, -0.25) is 0 Å². The molecule has 0 aliphatic heterocycles. The van der Waals surface area contributed by atoms with E-state index in [-0.39, 0.29) is 0 Å². The number of aryl methyl sites for hydroxylation is 1. The van der Waals surface area contributed by atoms with Crippen LogP contribution in [-0.2, 0) is 0 Å². The molecule has 0 aliphatic carbocycles. The minimum absolute atomic E-state index is 0.329. The van der Waals surface area contributed by atoms with E-state index >= 15 is 0 Å². The number of methoxy groups -OCH3 is 1. The summed E-state index contributed by atoms with van der Waals surface area (Å²) >= 11 is 0. The molecular formula is C15H26N2O. The van der Waals surface area contributed by atoms with Crippen molar-refractivity contribution < 1.29 is 4.74 Å². The molecule has 0 bridgehead atoms. The second kappa shape index (κ2) is 6.21. The van der Waals surface area contributed by atoms with E-state index in [1.165, 1.54) is 22.3 Å². The summed E-state index contributed by atoms with van der Waals surface area (Å²) in [5.41, 5.74) is 16.8. The fourth-order valence-electron chi connectivity index (χ4n) is 2.72. The second-order valence-electron chi connectivity index (χ2n) is 5.08. The van der Waals surface area contributed by atoms with Crippen molar-refractivity contribution in [2.24, 2.45) is 17.4 Å². The highest BCUT2D eigenvalue weighted by Crippen LogP contribution is 2.34. The Morgan fingerprint density at radius 2 is 1.67 bits per heavy atom. The van der Waals surface area contributed by atoms with Gasteiger partial charge in [0.1, 0.15) is 5.75 Å². The summed E-state index contributed by atoms with van der Waals surface area (Å²) in [6, 6.07) is 2.11. The number of hydrogen-bond acceptors (Lipinski definition) is 3. The number of ether oxygens (including phenoxy) is 1. The molecule has 0 spiro atoms. The highest BCUT2D eigenvalue weighted by molar-refractivity contribution is 5.49. The minimum atomic E-state index is 0.329. The Morgan fingerprint density at radius 1 is 1.11 bits per heavy atom. The molecule has 0 radical (unpaired) electrons. The first-order chi connectivity index (χ1) is 8.47. The zero-order chi connectivity index (χ0) is 13.9. The van der Waals surface area contributed by atoms with Crippen LogP contribution in [0.2, 0.25) is 0 Å². The van der Waals surface area contributed by atoms with Gasteiger partial charge >= 0.3 is 0 Å². The Labute approximate surface area is 111 Å². The monoisotopic (exact) mass is 250 g/mol. The van der Waals surface area contributed by atoms with Crippen molar-refractivity contribution in [2.75, 3.05) is 20.2 Å². The van der Waals surface area contributed by atoms with Gasteiger partial charge < -0.3 is 16.2 Å². The summed E-state index contributed by atoms with van der Waals surface area (Å²) in [6.45, 7) is 9.85. The van der Waals surface area contributed by atoms with Gasteiger partial charge in [0.25, 0.3) is 0 Å². The normalized spacial score (nSPS) is 12.9. The minimum Gasteiger partial charge on any atom is -0.496 e. The first-order valence-electron chi connectivity index (χ1n) is 6.52. The predicted molar refractivity (Wildman–Crippen MR) is 77.2 cm³/mol. The number of hydrogen-bond donors (Lipinski definition) is 2. The third kappa shape index (κ3) is 2.68. The van der Waals surface area contributed by atoms with Crippen LogP contribution in [0, 0.1) is 26.7 Å². The highest BCUT2D eigenvalue weighted by Gasteiger charge is 2.21. The van der Waals surface area contributed by atoms with Gasteiger partial charge in [-0.05, 0) is 74.0 Å². The van der Waals surface area contributed by atoms with Gasteiger partial charge in [-0.25, -0.2) is 0 Å². The average Bonchev–Trinajstić information content (AvgIpc) is 2.35. The van der Waals surface area contributed by atoms with Crippen LogP contribution in [-0.4, -0.2) is 20.2 Å². The van der Waals surface area contributed by atoms with Crippen LogP contribution in [0.3, 0.4) is 0 Å². The molecule has 0 saturated heterocycles. The van der Waals surface area contributed by atoms with Crippen LogP contribution in [0.15, 0.2) is 6.07 Å². The molecule has 0 aromatic heterocycles. The molecule has 0 heterocycles. The standard InChI is InChI=1S/C15H26N2O/c1-9-6-14(18-5)10(2)11(3)15(9)12(4)13(7-16)8-17/h6,12-13H,7-8,16-17H2,1-5H3. The molecule has 1 unspecified atom stereocenters. The highest BCUT2D eigenvalue weighted by atomic mass is 16.5. The summed E-state index contributed by atoms with van der Waals surface area (Å²) < 4.78 is 5.41. The Kier molecular flexibility index (Phi) is 5.17. The summed E-state index contributed by atoms with van der Waals surface area (Å²) in [6.07, 6.45) is 0. The van der Waals surface area contributed by atoms with Crippen molar-refractivity contribution in [1.29, 1.82) is 0 Å². The maximum Gasteiger partial charge on any atom is 0.122 e. The number of nitrogens with two attached hydrogens (primary N) is 2. The van der Waals surface area contributed by atoms with Crippen molar-refractivity contribution >= 4 is 0 Å². The third-order valence-corrected chi connectivity index (χ3v) is 4.10. The smallest absolute Gasteiger partial charge is 0.122 e. The van der Waals surface area contributed by atoms with Crippen molar-refractivity contribution in [3.8, 4) is 5.75 Å². The van der Waals surface area contributed by atoms with E-state index in [2.05, 4.69) is 33.8 Å². The van der Waals surface area contributed by atoms with Crippen LogP contribution < -0.4 is 16.2 Å². The summed E-state index contributed by atoms with van der Waals surface area (Å²) in [4.78, 5) is 0. The van der Waals surface area contributed by atoms with E-state index in [0.717, 1.165) is 5.75 Å². The van der Waals surface area contributed by atoms with E-state index in [4.69, 9.17) is 16.2 Å². The van der Waals surface area contributed by atoms with Gasteiger partial charge in [-0.1, -0.05) is 6.92 Å². The number of benzene rings is 1. The Balaban J connectivity index is 3.28. The lowest BCUT2D eigenvalue weighted by atomic mass is 9.81. The molecule has 0 saturated carbocycles. The molecule has 102 valence electrons. The van der Waals surface area contributed by atoms with E-state index in [1.807, 2.05) is 0 Å². The quantitative estimate of drug-likeness (QED) is 0.842. The molecule has 0 fully saturated rings. The van der Waals surface area contributed by atoms with Crippen LogP contribution in [0.1, 0.15) is 35.1 Å². The lowest BCUT2D eigenvalue weighted by molar-refractivity contribution is 0.409. The molecule has 4 N–H and O–H groups in total. The van der Waals surface area contributed by atoms with Gasteiger partial charge in [-0.2, -0.15) is 0 Å². The summed E-state index contributed by atoms with van der Waals surface area (Å²) in [5, 5.41) is 0. The zero-order valence-electron chi connectivity index (χ0n) is 12.2. The predicted octanol–water partition coefficient (Wildman–Crippen LogP) is 2.26. The van der Waals surface area contributed by atoms with Crippen molar-refractivity contribution in [1.82, 2.24) is 0 Å². The maximum atomic E-state index is 5.81. The first-order valence-corrected chi connectivity index (χ1v) is 6.52. The van der Waals surface area contributed by atoms with Gasteiger partial charge in [0.15, 0.2) is 0 Å². The van der Waals surface area contributed by atoms with E-state index in [9.17, 15) is 0 Å². The van der Waals surface area contributed by atoms with Crippen molar-refractivity contribution in [2.45, 2.75) is 33.6 Å². The first kappa shape index (κ1) is 15.0. The second-order valence-corrected chi connectivity index (χ2v) is 5.08. The summed E-state index contributed by atoms with van der Waals surface area (Å²) in [5.74, 6) is 1.66. The molecule has 1 aromatic rings. The Morgan fingerprint density at radius 3 is 2.11 bits per heavy atom. The molecular weight excluding hydrogens is 224 g/mol. The molecule has 0 amide bonds. The van der Waals surface area contributed by atoms with Crippen molar-refractivity contribution in [3.63, 3.8) is 0 Å². The Bertz CT molecular complexity index is 411. The van der Waals surface area contributed by atoms with Gasteiger partial charge in [-0.15, -0.1) is 0 Å². The lowest BCUT2D eigenvalue weighted by Gasteiger charge is -2.26. The van der Waals surface area contributed by atoms with Crippen LogP contribution in [0.25, 0.3) is 0 Å². The fraction of sp³-hybridized carbons (Fsp3) is 0.600. The lowest BCUT2D eigenvalue weighted by Crippen LogP contribution is -2.28. The number of rotatable bonds is 5. The molecule has 3 nitrogen and oxygen atoms in total. The largest absolute Gasteiger partial charge is 0.496 e. The van der Waals surface area contributed by atoms with Gasteiger partial charge in [0.05, 0.1) is 7.11 Å². The molecule has 18 heavy (non-hydrogen) atoms. The van der Waals surface area contributed by atoms with E-state index in [0.29, 0.717) is 24.9 Å². The molecule has 3 heteroatoms. The van der Waals surface area contributed by atoms with E-state index < -0.39 is 0 Å². The zero-order valence-corrected chi connectivity index (χ0v) is 12.2. The maximum absolute atomic E-state index is 5.81. The van der Waals surface area contributed by atoms with Gasteiger partial charge in [0.2, 0.25) is 0 Å². The SMILES string of the molecule is COc1cc(C)c(C(C)C(CN)CN)c(C)c1C. The molecule has 0 aliphatic rings. The topological polar surface area (TPSA) is 61.3 Å². The van der Waals surface area contributed by atoms with Crippen molar-refractivity contribution in [3.05, 3.63) is 28.3 Å². The Hall–Kier alpha value is -1.06. The van der Waals surface area contributed by atoms with Crippen LogP contribution >= 0.6 is 0 Å². The van der Waals surface area contributed by atoms with Crippen LogP contribution in [0.4, 0.5) is 0 Å². The third-order valence-electron chi connectivity index (χ3n) is 4.10. The molecule has 1 atom stereocenters. The van der Waals surface area contributed by atoms with Gasteiger partial charge in [0, 0.05) is 0 Å². The molecule has 1 rings (SSSR count). The van der Waals surface area contributed by atoms with Crippen LogP contribution in [0.5, 0.6) is 5.75 Å².